The van der Waals surface area contributed by atoms with Gasteiger partial charge in [0, 0.05) is 12.0 Å². The van der Waals surface area contributed by atoms with Crippen molar-refractivity contribution in [2.75, 3.05) is 33.9 Å². The van der Waals surface area contributed by atoms with Gasteiger partial charge in [0.05, 0.1) is 27.2 Å². The minimum Gasteiger partial charge on any atom is -0.491 e. The number of hydrogen-bond acceptors (Lipinski definition) is 2. The molecule has 0 saturated heterocycles. The van der Waals surface area contributed by atoms with Gasteiger partial charge in [-0.05, 0) is 61.4 Å². The summed E-state index contributed by atoms with van der Waals surface area (Å²) in [5, 5.41) is 0. The van der Waals surface area contributed by atoms with Crippen LogP contribution in [0.2, 0.25) is 0 Å². The number of quaternary nitrogens is 1. The molecule has 0 spiro atoms. The molecule has 0 aromatic heterocycles. The zero-order valence-electron chi connectivity index (χ0n) is 21.1. The van der Waals surface area contributed by atoms with E-state index in [1.165, 1.54) is 16.7 Å². The van der Waals surface area contributed by atoms with E-state index in [1.54, 1.807) is 0 Å². The second-order valence-electron chi connectivity index (χ2n) is 10.1. The molecule has 0 amide bonds. The second kappa shape index (κ2) is 11.2. The quantitative estimate of drug-likeness (QED) is 0.217. The van der Waals surface area contributed by atoms with Gasteiger partial charge in [-0.2, -0.15) is 0 Å². The van der Waals surface area contributed by atoms with Crippen molar-refractivity contribution in [2.24, 2.45) is 11.8 Å². The summed E-state index contributed by atoms with van der Waals surface area (Å²) in [7, 11) is 4.61. The van der Waals surface area contributed by atoms with Crippen LogP contribution in [0.15, 0.2) is 48.5 Å². The van der Waals surface area contributed by atoms with Crippen LogP contribution >= 0.6 is 0 Å². The number of rotatable bonds is 12. The molecule has 3 nitrogen and oxygen atoms in total. The fraction of sp³-hybridized carbons (Fsp3) is 0.571. The SMILES string of the molecule is CC[N+](C)(C)C(CC(C)C)(OCCOc1ccccc1)c1cccc(C)c1CC(C)C. The van der Waals surface area contributed by atoms with Crippen molar-refractivity contribution in [1.82, 2.24) is 0 Å². The number of nitrogens with zero attached hydrogens (tertiary/aromatic N) is 1. The molecule has 0 saturated carbocycles. The predicted octanol–water partition coefficient (Wildman–Crippen LogP) is 6.58. The topological polar surface area (TPSA) is 18.5 Å². The van der Waals surface area contributed by atoms with Gasteiger partial charge in [-0.3, -0.25) is 4.48 Å². The van der Waals surface area contributed by atoms with Gasteiger partial charge in [0.1, 0.15) is 12.4 Å². The van der Waals surface area contributed by atoms with Crippen LogP contribution in [-0.2, 0) is 16.9 Å². The molecule has 31 heavy (non-hydrogen) atoms. The standard InChI is InChI=1S/C28H44NO2/c1-9-29(7,8)28(21-23(4)5,31-19-18-30-25-15-11-10-12-16-25)27-17-13-14-24(6)26(27)20-22(2)3/h10-17,22-23H,9,18-21H2,1-8H3/q+1. The van der Waals surface area contributed by atoms with Crippen molar-refractivity contribution < 1.29 is 14.0 Å². The van der Waals surface area contributed by atoms with Crippen molar-refractivity contribution in [3.63, 3.8) is 0 Å². The number of benzene rings is 2. The third kappa shape index (κ3) is 6.33. The van der Waals surface area contributed by atoms with E-state index in [-0.39, 0.29) is 0 Å². The first kappa shape index (κ1) is 25.4. The van der Waals surface area contributed by atoms with Crippen LogP contribution in [-0.4, -0.2) is 38.3 Å². The number of aryl methyl sites for hydroxylation is 1. The van der Waals surface area contributed by atoms with Gasteiger partial charge in [0.15, 0.2) is 0 Å². The third-order valence-corrected chi connectivity index (χ3v) is 6.33. The largest absolute Gasteiger partial charge is 0.491 e. The van der Waals surface area contributed by atoms with E-state index in [2.05, 4.69) is 73.8 Å². The number of hydrogen-bond donors (Lipinski definition) is 0. The highest BCUT2D eigenvalue weighted by atomic mass is 16.6. The van der Waals surface area contributed by atoms with Crippen molar-refractivity contribution in [3.8, 4) is 5.75 Å². The molecule has 3 heteroatoms. The summed E-state index contributed by atoms with van der Waals surface area (Å²) in [4.78, 5) is 0. The summed E-state index contributed by atoms with van der Waals surface area (Å²) in [5.74, 6) is 1.99. The third-order valence-electron chi connectivity index (χ3n) is 6.33. The van der Waals surface area contributed by atoms with Gasteiger partial charge >= 0.3 is 0 Å². The molecule has 0 bridgehead atoms. The van der Waals surface area contributed by atoms with Gasteiger partial charge in [-0.25, -0.2) is 0 Å². The average Bonchev–Trinajstić information content (AvgIpc) is 2.72. The Bertz CT molecular complexity index is 798. The van der Waals surface area contributed by atoms with E-state index >= 15 is 0 Å². The normalized spacial score (nSPS) is 14.1. The Labute approximate surface area is 191 Å². The van der Waals surface area contributed by atoms with E-state index in [9.17, 15) is 0 Å². The molecule has 1 atom stereocenters. The minimum atomic E-state index is -0.417. The molecular weight excluding hydrogens is 382 g/mol. The van der Waals surface area contributed by atoms with Crippen molar-refractivity contribution >= 4 is 0 Å². The molecular formula is C28H44NO2+. The van der Waals surface area contributed by atoms with Crippen molar-refractivity contribution in [1.29, 1.82) is 0 Å². The molecule has 172 valence electrons. The Hall–Kier alpha value is -1.84. The van der Waals surface area contributed by atoms with Crippen LogP contribution in [0, 0.1) is 18.8 Å². The number of ether oxygens (including phenoxy) is 2. The molecule has 0 heterocycles. The summed E-state index contributed by atoms with van der Waals surface area (Å²) in [5.41, 5.74) is 3.74. The predicted molar refractivity (Wildman–Crippen MR) is 131 cm³/mol. The van der Waals surface area contributed by atoms with E-state index in [0.717, 1.165) is 29.6 Å². The minimum absolute atomic E-state index is 0.417. The van der Waals surface area contributed by atoms with Crippen LogP contribution < -0.4 is 4.74 Å². The molecule has 0 N–H and O–H groups in total. The fourth-order valence-electron chi connectivity index (χ4n) is 4.44. The molecule has 0 aliphatic carbocycles. The van der Waals surface area contributed by atoms with E-state index in [4.69, 9.17) is 9.47 Å². The maximum absolute atomic E-state index is 6.93. The first-order valence-corrected chi connectivity index (χ1v) is 11.9. The zero-order valence-corrected chi connectivity index (χ0v) is 21.1. The summed E-state index contributed by atoms with van der Waals surface area (Å²) in [6, 6.07) is 16.7. The maximum atomic E-state index is 6.93. The molecule has 0 fully saturated rings. The van der Waals surface area contributed by atoms with Gasteiger partial charge in [0.2, 0.25) is 5.72 Å². The molecule has 2 aromatic carbocycles. The van der Waals surface area contributed by atoms with E-state index < -0.39 is 5.72 Å². The summed E-state index contributed by atoms with van der Waals surface area (Å²) >= 11 is 0. The van der Waals surface area contributed by atoms with Crippen LogP contribution in [0.5, 0.6) is 5.75 Å². The highest BCUT2D eigenvalue weighted by molar-refractivity contribution is 5.38. The van der Waals surface area contributed by atoms with Gasteiger partial charge in [-0.1, -0.05) is 58.0 Å². The first-order valence-electron chi connectivity index (χ1n) is 11.9. The summed E-state index contributed by atoms with van der Waals surface area (Å²) in [6.45, 7) is 15.8. The fourth-order valence-corrected chi connectivity index (χ4v) is 4.44. The monoisotopic (exact) mass is 426 g/mol. The van der Waals surface area contributed by atoms with Crippen molar-refractivity contribution in [2.45, 2.75) is 60.1 Å². The Morgan fingerprint density at radius 1 is 0.871 bits per heavy atom. The lowest BCUT2D eigenvalue weighted by atomic mass is 9.83. The lowest BCUT2D eigenvalue weighted by Gasteiger charge is -2.49. The van der Waals surface area contributed by atoms with Crippen LogP contribution in [0.4, 0.5) is 0 Å². The van der Waals surface area contributed by atoms with Gasteiger partial charge < -0.3 is 9.47 Å². The van der Waals surface area contributed by atoms with Crippen LogP contribution in [0.1, 0.15) is 57.7 Å². The first-order chi connectivity index (χ1) is 14.6. The molecule has 1 unspecified atom stereocenters. The Balaban J connectivity index is 2.45. The number of para-hydroxylation sites is 1. The molecule has 0 aliphatic heterocycles. The van der Waals surface area contributed by atoms with Gasteiger partial charge in [-0.15, -0.1) is 0 Å². The van der Waals surface area contributed by atoms with Crippen molar-refractivity contribution in [3.05, 3.63) is 65.2 Å². The Morgan fingerprint density at radius 2 is 1.55 bits per heavy atom. The van der Waals surface area contributed by atoms with E-state index in [1.807, 2.05) is 30.3 Å². The Kier molecular flexibility index (Phi) is 9.14. The molecule has 2 aromatic rings. The highest BCUT2D eigenvalue weighted by Gasteiger charge is 2.49. The lowest BCUT2D eigenvalue weighted by molar-refractivity contribution is -0.977. The smallest absolute Gasteiger partial charge is 0.230 e. The highest BCUT2D eigenvalue weighted by Crippen LogP contribution is 2.42. The van der Waals surface area contributed by atoms with Crippen LogP contribution in [0.25, 0.3) is 0 Å². The summed E-state index contributed by atoms with van der Waals surface area (Å²) in [6.07, 6.45) is 2.03. The van der Waals surface area contributed by atoms with Gasteiger partial charge in [0.25, 0.3) is 0 Å². The molecule has 2 rings (SSSR count). The summed E-state index contributed by atoms with van der Waals surface area (Å²) < 4.78 is 13.7. The second-order valence-corrected chi connectivity index (χ2v) is 10.1. The average molecular weight is 427 g/mol. The Morgan fingerprint density at radius 3 is 2.13 bits per heavy atom. The van der Waals surface area contributed by atoms with Crippen LogP contribution in [0.3, 0.4) is 0 Å². The molecule has 0 radical (unpaired) electrons. The zero-order chi connectivity index (χ0) is 23.1. The molecule has 0 aliphatic rings. The maximum Gasteiger partial charge on any atom is 0.230 e. The van der Waals surface area contributed by atoms with E-state index in [0.29, 0.717) is 25.0 Å². The lowest BCUT2D eigenvalue weighted by Crippen LogP contribution is -2.60.